The van der Waals surface area contributed by atoms with Crippen LogP contribution < -0.4 is 0 Å². The number of Topliss-reactive ketones (excluding diaryl/α,β-unsaturated/α-hetero) is 1. The van der Waals surface area contributed by atoms with Crippen molar-refractivity contribution in [3.63, 3.8) is 0 Å². The van der Waals surface area contributed by atoms with E-state index in [0.717, 1.165) is 10.0 Å². The zero-order valence-corrected chi connectivity index (χ0v) is 12.0. The predicted molar refractivity (Wildman–Crippen MR) is 73.6 cm³/mol. The second-order valence-electron chi connectivity index (χ2n) is 3.53. The maximum atomic E-state index is 11.7. The number of rotatable bonds is 5. The van der Waals surface area contributed by atoms with Gasteiger partial charge in [-0.2, -0.15) is 5.26 Å². The van der Waals surface area contributed by atoms with Crippen molar-refractivity contribution in [1.82, 2.24) is 0 Å². The van der Waals surface area contributed by atoms with Gasteiger partial charge in [-0.25, -0.2) is 0 Å². The van der Waals surface area contributed by atoms with Crippen molar-refractivity contribution in [1.29, 1.82) is 5.26 Å². The minimum atomic E-state index is -0.205. The van der Waals surface area contributed by atoms with Crippen LogP contribution in [0.25, 0.3) is 5.76 Å². The predicted octanol–water partition coefficient (Wildman–Crippen LogP) is 3.70. The molecule has 1 rings (SSSR count). The molecule has 0 radical (unpaired) electrons. The van der Waals surface area contributed by atoms with Gasteiger partial charge in [-0.05, 0) is 19.1 Å². The van der Waals surface area contributed by atoms with Crippen molar-refractivity contribution >= 4 is 27.5 Å². The van der Waals surface area contributed by atoms with E-state index in [1.54, 1.807) is 6.92 Å². The van der Waals surface area contributed by atoms with Crippen LogP contribution in [0, 0.1) is 11.3 Å². The number of carbonyl (C=O) groups excluding carboxylic acids is 1. The number of nitriles is 1. The van der Waals surface area contributed by atoms with Gasteiger partial charge in [0.25, 0.3) is 0 Å². The summed E-state index contributed by atoms with van der Waals surface area (Å²) >= 11 is 3.34. The Balaban J connectivity index is 3.31. The summed E-state index contributed by atoms with van der Waals surface area (Å²) in [5.41, 5.74) is 0.820. The smallest absolute Gasteiger partial charge is 0.176 e. The molecule has 0 bridgehead atoms. The largest absolute Gasteiger partial charge is 0.492 e. The van der Waals surface area contributed by atoms with Gasteiger partial charge < -0.3 is 4.74 Å². The molecule has 18 heavy (non-hydrogen) atoms. The lowest BCUT2D eigenvalue weighted by molar-refractivity contribution is -0.114. The van der Waals surface area contributed by atoms with Crippen molar-refractivity contribution in [2.45, 2.75) is 20.3 Å². The first kappa shape index (κ1) is 14.5. The van der Waals surface area contributed by atoms with Crippen LogP contribution >= 0.6 is 15.9 Å². The highest BCUT2D eigenvalue weighted by molar-refractivity contribution is 9.10. The Morgan fingerprint density at radius 1 is 1.33 bits per heavy atom. The van der Waals surface area contributed by atoms with Gasteiger partial charge in [-0.1, -0.05) is 35.0 Å². The highest BCUT2D eigenvalue weighted by Crippen LogP contribution is 2.23. The first-order valence-electron chi connectivity index (χ1n) is 5.70. The molecule has 3 nitrogen and oxygen atoms in total. The second-order valence-corrected chi connectivity index (χ2v) is 4.45. The molecule has 0 aliphatic heterocycles. The number of hydrogen-bond acceptors (Lipinski definition) is 3. The normalized spacial score (nSPS) is 11.4. The van der Waals surface area contributed by atoms with Gasteiger partial charge in [0, 0.05) is 16.5 Å². The van der Waals surface area contributed by atoms with Crippen molar-refractivity contribution in [3.05, 3.63) is 39.9 Å². The number of benzene rings is 1. The van der Waals surface area contributed by atoms with Gasteiger partial charge in [0.15, 0.2) is 5.78 Å². The number of carbonyl (C=O) groups is 1. The van der Waals surface area contributed by atoms with E-state index in [-0.39, 0.29) is 17.8 Å². The summed E-state index contributed by atoms with van der Waals surface area (Å²) in [4.78, 5) is 11.7. The SMILES string of the molecule is CCO/C(=C(\C#N)C(=O)CC)c1ccc(Br)cc1. The van der Waals surface area contributed by atoms with E-state index in [0.29, 0.717) is 12.4 Å². The quantitative estimate of drug-likeness (QED) is 0.473. The lowest BCUT2D eigenvalue weighted by Gasteiger charge is -2.11. The molecule has 0 aromatic heterocycles. The van der Waals surface area contributed by atoms with Gasteiger partial charge in [0.05, 0.1) is 6.61 Å². The zero-order chi connectivity index (χ0) is 13.5. The molecule has 1 aromatic rings. The third kappa shape index (κ3) is 3.44. The summed E-state index contributed by atoms with van der Waals surface area (Å²) in [6.45, 7) is 3.96. The van der Waals surface area contributed by atoms with E-state index in [1.807, 2.05) is 37.3 Å². The number of allylic oxidation sites excluding steroid dienone is 1. The minimum Gasteiger partial charge on any atom is -0.492 e. The Morgan fingerprint density at radius 2 is 1.94 bits per heavy atom. The first-order valence-corrected chi connectivity index (χ1v) is 6.49. The fourth-order valence-corrected chi connectivity index (χ4v) is 1.73. The second kappa shape index (κ2) is 6.97. The standard InChI is InChI=1S/C14H14BrNO2/c1-3-13(17)12(9-16)14(18-4-2)10-5-7-11(15)8-6-10/h5-8H,3-4H2,1-2H3/b14-12+. The van der Waals surface area contributed by atoms with Crippen molar-refractivity contribution < 1.29 is 9.53 Å². The van der Waals surface area contributed by atoms with Gasteiger partial charge >= 0.3 is 0 Å². The molecule has 0 saturated heterocycles. The maximum Gasteiger partial charge on any atom is 0.176 e. The van der Waals surface area contributed by atoms with Crippen LogP contribution in [0.3, 0.4) is 0 Å². The highest BCUT2D eigenvalue weighted by Gasteiger charge is 2.16. The van der Waals surface area contributed by atoms with E-state index >= 15 is 0 Å². The van der Waals surface area contributed by atoms with Gasteiger partial charge in [0.1, 0.15) is 17.4 Å². The Kier molecular flexibility index (Phi) is 5.60. The Labute approximate surface area is 115 Å². The van der Waals surface area contributed by atoms with Crippen LogP contribution in [0.2, 0.25) is 0 Å². The summed E-state index contributed by atoms with van der Waals surface area (Å²) in [5.74, 6) is 0.156. The molecule has 0 unspecified atom stereocenters. The fourth-order valence-electron chi connectivity index (χ4n) is 1.46. The lowest BCUT2D eigenvalue weighted by atomic mass is 10.0. The molecule has 0 amide bonds. The van der Waals surface area contributed by atoms with E-state index < -0.39 is 0 Å². The van der Waals surface area contributed by atoms with Crippen LogP contribution in [0.15, 0.2) is 34.3 Å². The molecule has 0 aliphatic rings. The topological polar surface area (TPSA) is 50.1 Å². The number of ketones is 1. The van der Waals surface area contributed by atoms with Crippen LogP contribution in [-0.4, -0.2) is 12.4 Å². The summed E-state index contributed by atoms with van der Waals surface area (Å²) in [6, 6.07) is 9.27. The van der Waals surface area contributed by atoms with E-state index in [9.17, 15) is 4.79 Å². The van der Waals surface area contributed by atoms with E-state index in [1.165, 1.54) is 0 Å². The Morgan fingerprint density at radius 3 is 2.39 bits per heavy atom. The minimum absolute atomic E-state index is 0.0849. The van der Waals surface area contributed by atoms with Crippen LogP contribution in [-0.2, 0) is 9.53 Å². The molecule has 0 aliphatic carbocycles. The van der Waals surface area contributed by atoms with Crippen molar-refractivity contribution in [3.8, 4) is 6.07 Å². The summed E-state index contributed by atoms with van der Waals surface area (Å²) in [5, 5.41) is 9.12. The summed E-state index contributed by atoms with van der Waals surface area (Å²) in [6.07, 6.45) is 0.288. The Hall–Kier alpha value is -1.60. The third-order valence-electron chi connectivity index (χ3n) is 2.33. The molecular formula is C14H14BrNO2. The first-order chi connectivity index (χ1) is 8.63. The van der Waals surface area contributed by atoms with E-state index in [2.05, 4.69) is 15.9 Å². The van der Waals surface area contributed by atoms with Crippen LogP contribution in [0.5, 0.6) is 0 Å². The van der Waals surface area contributed by atoms with Gasteiger partial charge in [0.2, 0.25) is 0 Å². The molecule has 0 N–H and O–H groups in total. The number of hydrogen-bond donors (Lipinski definition) is 0. The lowest BCUT2D eigenvalue weighted by Crippen LogP contribution is -2.05. The monoisotopic (exact) mass is 307 g/mol. The fraction of sp³-hybridized carbons (Fsp3) is 0.286. The molecule has 0 fully saturated rings. The van der Waals surface area contributed by atoms with Crippen LogP contribution in [0.4, 0.5) is 0 Å². The number of ether oxygens (including phenoxy) is 1. The molecule has 1 aromatic carbocycles. The molecule has 0 heterocycles. The van der Waals surface area contributed by atoms with Gasteiger partial charge in [-0.15, -0.1) is 0 Å². The molecule has 0 saturated carbocycles. The number of halogens is 1. The van der Waals surface area contributed by atoms with Gasteiger partial charge in [-0.3, -0.25) is 4.79 Å². The average Bonchev–Trinajstić information content (AvgIpc) is 2.39. The molecular weight excluding hydrogens is 294 g/mol. The third-order valence-corrected chi connectivity index (χ3v) is 2.86. The number of nitrogens with zero attached hydrogens (tertiary/aromatic N) is 1. The highest BCUT2D eigenvalue weighted by atomic mass is 79.9. The Bertz CT molecular complexity index is 498. The van der Waals surface area contributed by atoms with Crippen molar-refractivity contribution in [2.24, 2.45) is 0 Å². The summed E-state index contributed by atoms with van der Waals surface area (Å²) < 4.78 is 6.40. The molecule has 0 atom stereocenters. The molecule has 4 heteroatoms. The van der Waals surface area contributed by atoms with Crippen molar-refractivity contribution in [2.75, 3.05) is 6.61 Å². The van der Waals surface area contributed by atoms with E-state index in [4.69, 9.17) is 10.00 Å². The molecule has 94 valence electrons. The maximum absolute atomic E-state index is 11.7. The average molecular weight is 308 g/mol. The van der Waals surface area contributed by atoms with Crippen LogP contribution in [0.1, 0.15) is 25.8 Å². The zero-order valence-electron chi connectivity index (χ0n) is 10.4. The summed E-state index contributed by atoms with van der Waals surface area (Å²) in [7, 11) is 0. The molecule has 0 spiro atoms.